The number of para-hydroxylation sites is 1. The number of sulfone groups is 1. The highest BCUT2D eigenvalue weighted by molar-refractivity contribution is 7.91. The highest BCUT2D eigenvalue weighted by atomic mass is 32.2. The standard InChI is InChI=1S/C22H25N3O4S2/c1-16-6-8-17(9-7-16)31(27,28)15-10-20(26)24-11-13-25(14-12-24)22-23-21-18(29-2)4-3-5-19(21)30-22/h3-9H,10-15H2,1-2H3. The van der Waals surface area contributed by atoms with Gasteiger partial charge in [0.05, 0.1) is 22.5 Å². The molecule has 1 aromatic heterocycles. The molecule has 4 rings (SSSR count). The smallest absolute Gasteiger partial charge is 0.223 e. The molecule has 0 spiro atoms. The highest BCUT2D eigenvalue weighted by Crippen LogP contribution is 2.34. The number of hydrogen-bond acceptors (Lipinski definition) is 7. The largest absolute Gasteiger partial charge is 0.494 e. The lowest BCUT2D eigenvalue weighted by molar-refractivity contribution is -0.131. The number of ether oxygens (including phenoxy) is 1. The minimum atomic E-state index is -3.46. The van der Waals surface area contributed by atoms with E-state index in [1.54, 1.807) is 47.6 Å². The van der Waals surface area contributed by atoms with Crippen molar-refractivity contribution in [1.82, 2.24) is 9.88 Å². The summed E-state index contributed by atoms with van der Waals surface area (Å²) in [5, 5.41) is 0.911. The van der Waals surface area contributed by atoms with E-state index in [-0.39, 0.29) is 23.0 Å². The van der Waals surface area contributed by atoms with E-state index in [2.05, 4.69) is 4.90 Å². The van der Waals surface area contributed by atoms with E-state index in [1.165, 1.54) is 0 Å². The number of anilines is 1. The molecule has 0 bridgehead atoms. The Kier molecular flexibility index (Phi) is 6.15. The molecule has 2 aromatic carbocycles. The van der Waals surface area contributed by atoms with E-state index < -0.39 is 9.84 Å². The predicted molar refractivity (Wildman–Crippen MR) is 123 cm³/mol. The second kappa shape index (κ2) is 8.84. The Hall–Kier alpha value is -2.65. The van der Waals surface area contributed by atoms with Crippen molar-refractivity contribution in [1.29, 1.82) is 0 Å². The van der Waals surface area contributed by atoms with Crippen LogP contribution in [-0.4, -0.2) is 63.3 Å². The van der Waals surface area contributed by atoms with Crippen molar-refractivity contribution in [3.8, 4) is 5.75 Å². The van der Waals surface area contributed by atoms with Crippen LogP contribution in [0, 0.1) is 6.92 Å². The van der Waals surface area contributed by atoms with Crippen molar-refractivity contribution >= 4 is 42.4 Å². The van der Waals surface area contributed by atoms with Crippen LogP contribution in [0.3, 0.4) is 0 Å². The van der Waals surface area contributed by atoms with Crippen molar-refractivity contribution in [3.05, 3.63) is 48.0 Å². The topological polar surface area (TPSA) is 79.8 Å². The third kappa shape index (κ3) is 4.67. The maximum absolute atomic E-state index is 12.6. The molecule has 0 aliphatic carbocycles. The number of benzene rings is 2. The van der Waals surface area contributed by atoms with Crippen LogP contribution in [0.1, 0.15) is 12.0 Å². The van der Waals surface area contributed by atoms with E-state index in [4.69, 9.17) is 9.72 Å². The number of methoxy groups -OCH3 is 1. The first-order valence-electron chi connectivity index (χ1n) is 10.1. The zero-order valence-corrected chi connectivity index (χ0v) is 19.2. The minimum absolute atomic E-state index is 0.00541. The number of amides is 1. The fraction of sp³-hybridized carbons (Fsp3) is 0.364. The van der Waals surface area contributed by atoms with E-state index in [9.17, 15) is 13.2 Å². The van der Waals surface area contributed by atoms with Crippen molar-refractivity contribution in [3.63, 3.8) is 0 Å². The molecule has 0 atom stereocenters. The van der Waals surface area contributed by atoms with E-state index in [0.29, 0.717) is 26.2 Å². The number of nitrogens with zero attached hydrogens (tertiary/aromatic N) is 3. The SMILES string of the molecule is COc1cccc2sc(N3CCN(C(=O)CCS(=O)(=O)c4ccc(C)cc4)CC3)nc12. The number of rotatable bonds is 6. The third-order valence-corrected chi connectivity index (χ3v) is 8.27. The molecule has 31 heavy (non-hydrogen) atoms. The molecule has 9 heteroatoms. The molecular weight excluding hydrogens is 434 g/mol. The van der Waals surface area contributed by atoms with Gasteiger partial charge in [0.25, 0.3) is 0 Å². The second-order valence-electron chi connectivity index (χ2n) is 7.55. The Labute approximate surface area is 186 Å². The number of aryl methyl sites for hydroxylation is 1. The molecule has 1 fully saturated rings. The molecular formula is C22H25N3O4S2. The number of carbonyl (C=O) groups is 1. The van der Waals surface area contributed by atoms with Crippen molar-refractivity contribution < 1.29 is 17.9 Å². The maximum Gasteiger partial charge on any atom is 0.223 e. The van der Waals surface area contributed by atoms with Gasteiger partial charge < -0.3 is 14.5 Å². The summed E-state index contributed by atoms with van der Waals surface area (Å²) in [5.41, 5.74) is 1.85. The van der Waals surface area contributed by atoms with Crippen molar-refractivity contribution in [2.24, 2.45) is 0 Å². The van der Waals surface area contributed by atoms with Crippen LogP contribution in [0.4, 0.5) is 5.13 Å². The second-order valence-corrected chi connectivity index (χ2v) is 10.7. The number of aromatic nitrogens is 1. The Morgan fingerprint density at radius 1 is 1.10 bits per heavy atom. The fourth-order valence-corrected chi connectivity index (χ4v) is 5.87. The molecule has 0 saturated carbocycles. The Morgan fingerprint density at radius 2 is 1.81 bits per heavy atom. The first-order valence-corrected chi connectivity index (χ1v) is 12.6. The number of hydrogen-bond donors (Lipinski definition) is 0. The van der Waals surface area contributed by atoms with Gasteiger partial charge in [-0.05, 0) is 31.2 Å². The summed E-state index contributed by atoms with van der Waals surface area (Å²) in [6, 6.07) is 12.6. The Morgan fingerprint density at radius 3 is 2.48 bits per heavy atom. The van der Waals surface area contributed by atoms with Crippen LogP contribution >= 0.6 is 11.3 Å². The van der Waals surface area contributed by atoms with Gasteiger partial charge in [-0.25, -0.2) is 13.4 Å². The van der Waals surface area contributed by atoms with Crippen LogP contribution in [0.15, 0.2) is 47.4 Å². The summed E-state index contributed by atoms with van der Waals surface area (Å²) in [6.45, 7) is 4.34. The summed E-state index contributed by atoms with van der Waals surface area (Å²) >= 11 is 1.61. The van der Waals surface area contributed by atoms with Gasteiger partial charge in [0.2, 0.25) is 5.91 Å². The lowest BCUT2D eigenvalue weighted by atomic mass is 10.2. The molecule has 7 nitrogen and oxygen atoms in total. The first-order chi connectivity index (χ1) is 14.9. The minimum Gasteiger partial charge on any atom is -0.494 e. The number of fused-ring (bicyclic) bond motifs is 1. The monoisotopic (exact) mass is 459 g/mol. The van der Waals surface area contributed by atoms with Gasteiger partial charge in [0, 0.05) is 32.6 Å². The first kappa shape index (κ1) is 21.6. The quantitative estimate of drug-likeness (QED) is 0.564. The van der Waals surface area contributed by atoms with E-state index in [1.807, 2.05) is 25.1 Å². The van der Waals surface area contributed by atoms with Gasteiger partial charge in [-0.2, -0.15) is 0 Å². The van der Waals surface area contributed by atoms with Gasteiger partial charge in [0.15, 0.2) is 15.0 Å². The third-order valence-electron chi connectivity index (χ3n) is 5.46. The number of piperazine rings is 1. The molecule has 1 aliphatic heterocycles. The Bertz CT molecular complexity index is 1180. The van der Waals surface area contributed by atoms with E-state index >= 15 is 0 Å². The molecule has 1 aliphatic rings. The molecule has 0 N–H and O–H groups in total. The molecule has 164 valence electrons. The van der Waals surface area contributed by atoms with Crippen LogP contribution in [0.5, 0.6) is 5.75 Å². The molecule has 2 heterocycles. The average Bonchev–Trinajstić information content (AvgIpc) is 3.22. The summed E-state index contributed by atoms with van der Waals surface area (Å²) < 4.78 is 31.5. The lowest BCUT2D eigenvalue weighted by Gasteiger charge is -2.34. The average molecular weight is 460 g/mol. The molecule has 0 unspecified atom stereocenters. The summed E-state index contributed by atoms with van der Waals surface area (Å²) in [6.07, 6.45) is -0.00541. The van der Waals surface area contributed by atoms with Crippen LogP contribution in [0.25, 0.3) is 10.2 Å². The summed E-state index contributed by atoms with van der Waals surface area (Å²) in [5.74, 6) is 0.456. The van der Waals surface area contributed by atoms with Gasteiger partial charge in [-0.3, -0.25) is 4.79 Å². The normalized spacial score (nSPS) is 14.8. The number of carbonyl (C=O) groups excluding carboxylic acids is 1. The molecule has 0 radical (unpaired) electrons. The number of thiazole rings is 1. The van der Waals surface area contributed by atoms with Crippen LogP contribution in [-0.2, 0) is 14.6 Å². The van der Waals surface area contributed by atoms with Gasteiger partial charge in [-0.1, -0.05) is 35.1 Å². The Balaban J connectivity index is 1.34. The van der Waals surface area contributed by atoms with Gasteiger partial charge >= 0.3 is 0 Å². The van der Waals surface area contributed by atoms with Crippen LogP contribution in [0.2, 0.25) is 0 Å². The van der Waals surface area contributed by atoms with Crippen molar-refractivity contribution in [2.45, 2.75) is 18.2 Å². The van der Waals surface area contributed by atoms with Gasteiger partial charge in [0.1, 0.15) is 11.3 Å². The van der Waals surface area contributed by atoms with Crippen molar-refractivity contribution in [2.75, 3.05) is 43.9 Å². The predicted octanol–water partition coefficient (Wildman–Crippen LogP) is 3.13. The zero-order chi connectivity index (χ0) is 22.0. The maximum atomic E-state index is 12.6. The van der Waals surface area contributed by atoms with Crippen LogP contribution < -0.4 is 9.64 Å². The fourth-order valence-electron chi connectivity index (χ4n) is 3.60. The zero-order valence-electron chi connectivity index (χ0n) is 17.6. The summed E-state index contributed by atoms with van der Waals surface area (Å²) in [4.78, 5) is 21.5. The molecule has 1 amide bonds. The van der Waals surface area contributed by atoms with Gasteiger partial charge in [-0.15, -0.1) is 0 Å². The molecule has 3 aromatic rings. The van der Waals surface area contributed by atoms with E-state index in [0.717, 1.165) is 26.7 Å². The molecule has 1 saturated heterocycles. The lowest BCUT2D eigenvalue weighted by Crippen LogP contribution is -2.49. The summed E-state index contributed by atoms with van der Waals surface area (Å²) in [7, 11) is -1.83. The highest BCUT2D eigenvalue weighted by Gasteiger charge is 2.25.